The molecule has 0 aliphatic heterocycles. The van der Waals surface area contributed by atoms with E-state index in [-0.39, 0.29) is 22.1 Å². The van der Waals surface area contributed by atoms with Crippen LogP contribution in [0.4, 0.5) is 5.69 Å². The number of hydrogen-bond donors (Lipinski definition) is 2. The number of rotatable bonds is 6. The molecule has 0 aromatic heterocycles. The Balaban J connectivity index is 1.76. The molecule has 4 aromatic rings. The van der Waals surface area contributed by atoms with Crippen LogP contribution in [0.2, 0.25) is 0 Å². The third-order valence-corrected chi connectivity index (χ3v) is 7.15. The van der Waals surface area contributed by atoms with Gasteiger partial charge in [0, 0.05) is 19.7 Å². The van der Waals surface area contributed by atoms with Crippen molar-refractivity contribution in [2.75, 3.05) is 18.8 Å². The van der Waals surface area contributed by atoms with Gasteiger partial charge in [-0.3, -0.25) is 9.52 Å². The van der Waals surface area contributed by atoms with Crippen LogP contribution in [0.5, 0.6) is 0 Å². The van der Waals surface area contributed by atoms with Gasteiger partial charge < -0.3 is 10.0 Å². The Labute approximate surface area is 203 Å². The number of benzene rings is 4. The number of carboxylic acid groups (broad SMARTS) is 1. The van der Waals surface area contributed by atoms with Crippen LogP contribution in [0, 0.1) is 6.92 Å². The predicted octanol–water partition coefficient (Wildman–Crippen LogP) is 5.02. The summed E-state index contributed by atoms with van der Waals surface area (Å²) >= 11 is 0. The zero-order valence-electron chi connectivity index (χ0n) is 19.4. The smallest absolute Gasteiger partial charge is 0.337 e. The molecule has 0 aliphatic rings. The monoisotopic (exact) mass is 488 g/mol. The number of nitrogens with zero attached hydrogens (tertiary/aromatic N) is 1. The van der Waals surface area contributed by atoms with Crippen molar-refractivity contribution in [2.45, 2.75) is 11.8 Å². The molecule has 178 valence electrons. The van der Waals surface area contributed by atoms with Gasteiger partial charge in [0.05, 0.1) is 16.1 Å². The minimum atomic E-state index is -4.12. The summed E-state index contributed by atoms with van der Waals surface area (Å²) in [7, 11) is -0.912. The van der Waals surface area contributed by atoms with E-state index in [2.05, 4.69) is 4.72 Å². The summed E-state index contributed by atoms with van der Waals surface area (Å²) in [5.74, 6) is -1.51. The normalized spacial score (nSPS) is 11.3. The van der Waals surface area contributed by atoms with Crippen molar-refractivity contribution < 1.29 is 23.1 Å². The van der Waals surface area contributed by atoms with Gasteiger partial charge in [-0.1, -0.05) is 42.5 Å². The maximum atomic E-state index is 13.1. The molecule has 0 saturated carbocycles. The molecule has 0 unspecified atom stereocenters. The number of aryl methyl sites for hydroxylation is 1. The Morgan fingerprint density at radius 2 is 1.51 bits per heavy atom. The molecule has 4 aromatic carbocycles. The molecule has 0 spiro atoms. The third kappa shape index (κ3) is 4.74. The van der Waals surface area contributed by atoms with Crippen LogP contribution >= 0.6 is 0 Å². The lowest BCUT2D eigenvalue weighted by Gasteiger charge is -2.15. The van der Waals surface area contributed by atoms with Gasteiger partial charge in [0.25, 0.3) is 15.9 Å². The molecule has 35 heavy (non-hydrogen) atoms. The van der Waals surface area contributed by atoms with Crippen molar-refractivity contribution in [3.63, 3.8) is 0 Å². The number of nitrogens with one attached hydrogen (secondary N) is 1. The lowest BCUT2D eigenvalue weighted by molar-refractivity contribution is 0.0697. The van der Waals surface area contributed by atoms with E-state index in [1.165, 1.54) is 41.3 Å². The zero-order chi connectivity index (χ0) is 25.3. The average Bonchev–Trinajstić information content (AvgIpc) is 2.83. The summed E-state index contributed by atoms with van der Waals surface area (Å²) in [6.45, 7) is 2.01. The van der Waals surface area contributed by atoms with E-state index in [4.69, 9.17) is 0 Å². The van der Waals surface area contributed by atoms with Crippen LogP contribution < -0.4 is 4.72 Å². The Kier molecular flexibility index (Phi) is 6.32. The summed E-state index contributed by atoms with van der Waals surface area (Å²) in [6, 6.07) is 21.8. The van der Waals surface area contributed by atoms with Crippen molar-refractivity contribution >= 4 is 38.4 Å². The van der Waals surface area contributed by atoms with Crippen molar-refractivity contribution in [1.82, 2.24) is 4.90 Å². The number of carboxylic acids is 1. The average molecular weight is 489 g/mol. The summed E-state index contributed by atoms with van der Waals surface area (Å²) in [6.07, 6.45) is 0. The Hall–Kier alpha value is -4.17. The van der Waals surface area contributed by atoms with Crippen molar-refractivity contribution in [3.8, 4) is 11.1 Å². The topological polar surface area (TPSA) is 104 Å². The molecule has 0 radical (unpaired) electrons. The molecule has 4 rings (SSSR count). The predicted molar refractivity (Wildman–Crippen MR) is 136 cm³/mol. The number of hydrogen-bond acceptors (Lipinski definition) is 4. The fourth-order valence-electron chi connectivity index (χ4n) is 3.92. The lowest BCUT2D eigenvalue weighted by Crippen LogP contribution is -2.21. The second-order valence-corrected chi connectivity index (χ2v) is 10.1. The van der Waals surface area contributed by atoms with Gasteiger partial charge in [-0.25, -0.2) is 13.2 Å². The highest BCUT2D eigenvalue weighted by Crippen LogP contribution is 2.33. The third-order valence-electron chi connectivity index (χ3n) is 5.77. The van der Waals surface area contributed by atoms with E-state index in [0.29, 0.717) is 11.1 Å². The molecule has 7 nitrogen and oxygen atoms in total. The van der Waals surface area contributed by atoms with Crippen molar-refractivity contribution in [1.29, 1.82) is 0 Å². The number of sulfonamides is 1. The van der Waals surface area contributed by atoms with Gasteiger partial charge >= 0.3 is 5.97 Å². The maximum Gasteiger partial charge on any atom is 0.337 e. The van der Waals surface area contributed by atoms with E-state index in [1.54, 1.807) is 20.2 Å². The van der Waals surface area contributed by atoms with Gasteiger partial charge in [0.1, 0.15) is 0 Å². The number of carbonyl (C=O) groups excluding carboxylic acids is 1. The molecular weight excluding hydrogens is 464 g/mol. The van der Waals surface area contributed by atoms with E-state index < -0.39 is 16.0 Å². The quantitative estimate of drug-likeness (QED) is 0.397. The molecular formula is C27H24N2O5S. The Morgan fingerprint density at radius 1 is 0.857 bits per heavy atom. The van der Waals surface area contributed by atoms with Crippen LogP contribution in [0.15, 0.2) is 83.8 Å². The van der Waals surface area contributed by atoms with Gasteiger partial charge in [-0.05, 0) is 70.8 Å². The number of amides is 1. The first-order valence-electron chi connectivity index (χ1n) is 10.8. The van der Waals surface area contributed by atoms with Gasteiger partial charge in [0.2, 0.25) is 0 Å². The Bertz CT molecular complexity index is 1560. The first-order valence-corrected chi connectivity index (χ1v) is 12.3. The Morgan fingerprint density at radius 3 is 2.14 bits per heavy atom. The van der Waals surface area contributed by atoms with Crippen molar-refractivity contribution in [3.05, 3.63) is 95.6 Å². The first kappa shape index (κ1) is 24.0. The maximum absolute atomic E-state index is 13.1. The molecule has 0 saturated heterocycles. The number of anilines is 1. The second kappa shape index (κ2) is 9.23. The highest BCUT2D eigenvalue weighted by Gasteiger charge is 2.20. The summed E-state index contributed by atoms with van der Waals surface area (Å²) < 4.78 is 28.6. The molecule has 1 amide bonds. The van der Waals surface area contributed by atoms with E-state index >= 15 is 0 Å². The second-order valence-electron chi connectivity index (χ2n) is 8.37. The van der Waals surface area contributed by atoms with Gasteiger partial charge in [0.15, 0.2) is 0 Å². The zero-order valence-corrected chi connectivity index (χ0v) is 20.3. The van der Waals surface area contributed by atoms with Crippen LogP contribution in [-0.4, -0.2) is 44.4 Å². The van der Waals surface area contributed by atoms with Crippen molar-refractivity contribution in [2.24, 2.45) is 0 Å². The standard InChI is InChI=1S/C27H24N2O5S/c1-17-8-14-22(23-7-5-4-6-21(17)23)19-11-15-24(27(31)32)25(16-19)28-35(33,34)20-12-9-18(10-13-20)26(30)29(2)3/h4-16,28H,1-3H3,(H,31,32). The lowest BCUT2D eigenvalue weighted by atomic mass is 9.94. The largest absolute Gasteiger partial charge is 0.478 e. The van der Waals surface area contributed by atoms with E-state index in [0.717, 1.165) is 21.9 Å². The first-order chi connectivity index (χ1) is 16.6. The fourth-order valence-corrected chi connectivity index (χ4v) is 4.99. The summed E-state index contributed by atoms with van der Waals surface area (Å²) in [4.78, 5) is 25.3. The van der Waals surface area contributed by atoms with Gasteiger partial charge in [-0.2, -0.15) is 0 Å². The molecule has 0 fully saturated rings. The molecule has 2 N–H and O–H groups in total. The van der Waals surface area contributed by atoms with Crippen LogP contribution in [-0.2, 0) is 10.0 Å². The highest BCUT2D eigenvalue weighted by molar-refractivity contribution is 7.92. The summed E-state index contributed by atoms with van der Waals surface area (Å²) in [5, 5.41) is 11.7. The molecule has 0 bridgehead atoms. The van der Waals surface area contributed by atoms with E-state index in [9.17, 15) is 23.1 Å². The minimum Gasteiger partial charge on any atom is -0.478 e. The molecule has 0 heterocycles. The SMILES string of the molecule is Cc1ccc(-c2ccc(C(=O)O)c(NS(=O)(=O)c3ccc(C(=O)N(C)C)cc3)c2)c2ccccc12. The van der Waals surface area contributed by atoms with Crippen LogP contribution in [0.1, 0.15) is 26.3 Å². The minimum absolute atomic E-state index is 0.0481. The number of fused-ring (bicyclic) bond motifs is 1. The molecule has 0 atom stereocenters. The molecule has 0 aliphatic carbocycles. The van der Waals surface area contributed by atoms with E-state index in [1.807, 2.05) is 43.3 Å². The molecule has 8 heteroatoms. The highest BCUT2D eigenvalue weighted by atomic mass is 32.2. The fraction of sp³-hybridized carbons (Fsp3) is 0.111. The summed E-state index contributed by atoms with van der Waals surface area (Å²) in [5.41, 5.74) is 2.75. The number of carbonyl (C=O) groups is 2. The van der Waals surface area contributed by atoms with Crippen LogP contribution in [0.25, 0.3) is 21.9 Å². The van der Waals surface area contributed by atoms with Crippen LogP contribution in [0.3, 0.4) is 0 Å². The number of aromatic carboxylic acids is 1. The van der Waals surface area contributed by atoms with Gasteiger partial charge in [-0.15, -0.1) is 0 Å².